The Morgan fingerprint density at radius 3 is 2.80 bits per heavy atom. The minimum absolute atomic E-state index is 0.157. The fourth-order valence-electron chi connectivity index (χ4n) is 1.98. The largest absolute Gasteiger partial charge is 0.337 e. The Balaban J connectivity index is 1.87. The van der Waals surface area contributed by atoms with Gasteiger partial charge in [0.2, 0.25) is 0 Å². The van der Waals surface area contributed by atoms with Crippen molar-refractivity contribution in [3.63, 3.8) is 0 Å². The summed E-state index contributed by atoms with van der Waals surface area (Å²) in [6, 6.07) is 7.54. The molecule has 0 atom stereocenters. The topological polar surface area (TPSA) is 38.1 Å². The molecule has 0 radical (unpaired) electrons. The van der Waals surface area contributed by atoms with Gasteiger partial charge in [0.05, 0.1) is 6.54 Å². The van der Waals surface area contributed by atoms with E-state index in [9.17, 15) is 4.79 Å². The molecule has 4 nitrogen and oxygen atoms in total. The molecule has 0 aliphatic heterocycles. The number of imidazole rings is 1. The number of aromatic nitrogens is 2. The summed E-state index contributed by atoms with van der Waals surface area (Å²) < 4.78 is 2.85. The maximum absolute atomic E-state index is 12.2. The van der Waals surface area contributed by atoms with Gasteiger partial charge in [-0.05, 0) is 13.1 Å². The van der Waals surface area contributed by atoms with Crippen LogP contribution < -0.4 is 0 Å². The molecule has 0 saturated carbocycles. The van der Waals surface area contributed by atoms with Crippen molar-refractivity contribution >= 4 is 21.7 Å². The Labute approximate surface area is 127 Å². The van der Waals surface area contributed by atoms with Gasteiger partial charge in [0, 0.05) is 42.4 Å². The molecule has 0 fully saturated rings. The van der Waals surface area contributed by atoms with Crippen molar-refractivity contribution in [1.82, 2.24) is 14.5 Å². The van der Waals surface area contributed by atoms with Crippen LogP contribution in [0.3, 0.4) is 0 Å². The van der Waals surface area contributed by atoms with Crippen molar-refractivity contribution in [2.24, 2.45) is 7.05 Å². The fraction of sp³-hybridized carbons (Fsp3) is 0.333. The molecule has 2 rings (SSSR count). The lowest BCUT2D eigenvalue weighted by Crippen LogP contribution is -2.23. The minimum atomic E-state index is 0.157. The van der Waals surface area contributed by atoms with Crippen LogP contribution in [0.1, 0.15) is 22.6 Å². The van der Waals surface area contributed by atoms with Gasteiger partial charge in [0.15, 0.2) is 5.78 Å². The van der Waals surface area contributed by atoms with E-state index in [1.807, 2.05) is 49.1 Å². The molecule has 2 aromatic rings. The molecule has 1 heterocycles. The first-order chi connectivity index (χ1) is 9.58. The minimum Gasteiger partial charge on any atom is -0.337 e. The van der Waals surface area contributed by atoms with Gasteiger partial charge < -0.3 is 4.57 Å². The van der Waals surface area contributed by atoms with Gasteiger partial charge >= 0.3 is 0 Å². The first kappa shape index (κ1) is 14.9. The Morgan fingerprint density at radius 1 is 1.40 bits per heavy atom. The van der Waals surface area contributed by atoms with Crippen molar-refractivity contribution in [2.75, 3.05) is 13.6 Å². The quantitative estimate of drug-likeness (QED) is 0.762. The lowest BCUT2D eigenvalue weighted by molar-refractivity contribution is 0.0966. The second kappa shape index (κ2) is 6.81. The summed E-state index contributed by atoms with van der Waals surface area (Å²) in [4.78, 5) is 18.6. The number of Topliss-reactive ketones (excluding diaryl/α,β-unsaturated/α-hetero) is 1. The van der Waals surface area contributed by atoms with Gasteiger partial charge in [-0.2, -0.15) is 0 Å². The van der Waals surface area contributed by atoms with Gasteiger partial charge in [-0.1, -0.05) is 34.1 Å². The molecule has 0 amide bonds. The number of aryl methyl sites for hydroxylation is 1. The van der Waals surface area contributed by atoms with Crippen LogP contribution in [0.2, 0.25) is 0 Å². The Bertz CT molecular complexity index is 594. The molecule has 0 N–H and O–H groups in total. The number of carbonyl (C=O) groups is 1. The zero-order valence-electron chi connectivity index (χ0n) is 11.7. The molecular weight excluding hydrogens is 318 g/mol. The predicted octanol–water partition coefficient (Wildman–Crippen LogP) is 2.89. The standard InChI is InChI=1S/C15H18BrN3O/c1-18(11-15-17-8-10-19(15)2)9-7-14(20)12-5-3-4-6-13(12)16/h3-6,8,10H,7,9,11H2,1-2H3. The Morgan fingerprint density at radius 2 is 2.15 bits per heavy atom. The van der Waals surface area contributed by atoms with E-state index in [1.54, 1.807) is 6.20 Å². The van der Waals surface area contributed by atoms with Crippen LogP contribution >= 0.6 is 15.9 Å². The fourth-order valence-corrected chi connectivity index (χ4v) is 2.49. The van der Waals surface area contributed by atoms with Crippen LogP contribution in [-0.4, -0.2) is 33.8 Å². The number of benzene rings is 1. The van der Waals surface area contributed by atoms with Crippen LogP contribution in [0.25, 0.3) is 0 Å². The highest BCUT2D eigenvalue weighted by Gasteiger charge is 2.11. The van der Waals surface area contributed by atoms with Crippen LogP contribution in [-0.2, 0) is 13.6 Å². The molecule has 0 aliphatic rings. The van der Waals surface area contributed by atoms with E-state index in [-0.39, 0.29) is 5.78 Å². The normalized spacial score (nSPS) is 11.0. The molecule has 0 unspecified atom stereocenters. The average Bonchev–Trinajstić information content (AvgIpc) is 2.82. The van der Waals surface area contributed by atoms with E-state index in [0.717, 1.165) is 22.4 Å². The number of ketones is 1. The number of hydrogen-bond donors (Lipinski definition) is 0. The third-order valence-corrected chi connectivity index (χ3v) is 3.92. The molecule has 20 heavy (non-hydrogen) atoms. The predicted molar refractivity (Wildman–Crippen MR) is 82.6 cm³/mol. The van der Waals surface area contributed by atoms with E-state index in [2.05, 4.69) is 25.8 Å². The summed E-state index contributed by atoms with van der Waals surface area (Å²) in [7, 11) is 3.98. The lowest BCUT2D eigenvalue weighted by Gasteiger charge is -2.16. The van der Waals surface area contributed by atoms with Gasteiger partial charge in [0.1, 0.15) is 5.82 Å². The monoisotopic (exact) mass is 335 g/mol. The van der Waals surface area contributed by atoms with Gasteiger partial charge in [-0.25, -0.2) is 4.98 Å². The van der Waals surface area contributed by atoms with Crippen molar-refractivity contribution in [1.29, 1.82) is 0 Å². The summed E-state index contributed by atoms with van der Waals surface area (Å²) in [5.41, 5.74) is 0.748. The molecule has 0 saturated heterocycles. The molecule has 0 bridgehead atoms. The summed E-state index contributed by atoms with van der Waals surface area (Å²) >= 11 is 3.41. The second-order valence-corrected chi connectivity index (χ2v) is 5.70. The lowest BCUT2D eigenvalue weighted by atomic mass is 10.1. The average molecular weight is 336 g/mol. The highest BCUT2D eigenvalue weighted by atomic mass is 79.9. The van der Waals surface area contributed by atoms with E-state index >= 15 is 0 Å². The van der Waals surface area contributed by atoms with Crippen molar-refractivity contribution in [3.05, 3.63) is 52.5 Å². The number of rotatable bonds is 6. The third-order valence-electron chi connectivity index (χ3n) is 3.23. The number of nitrogens with zero attached hydrogens (tertiary/aromatic N) is 3. The van der Waals surface area contributed by atoms with Crippen LogP contribution in [0.15, 0.2) is 41.1 Å². The van der Waals surface area contributed by atoms with Gasteiger partial charge in [0.25, 0.3) is 0 Å². The Hall–Kier alpha value is -1.46. The molecule has 1 aromatic carbocycles. The molecule has 1 aromatic heterocycles. The highest BCUT2D eigenvalue weighted by Crippen LogP contribution is 2.17. The number of carbonyl (C=O) groups excluding carboxylic acids is 1. The zero-order chi connectivity index (χ0) is 14.5. The van der Waals surface area contributed by atoms with Gasteiger partial charge in [-0.3, -0.25) is 9.69 Å². The molecule has 0 aliphatic carbocycles. The van der Waals surface area contributed by atoms with Crippen molar-refractivity contribution in [2.45, 2.75) is 13.0 Å². The highest BCUT2D eigenvalue weighted by molar-refractivity contribution is 9.10. The summed E-state index contributed by atoms with van der Waals surface area (Å²) in [6.07, 6.45) is 4.22. The molecule has 106 valence electrons. The van der Waals surface area contributed by atoms with Crippen LogP contribution in [0.5, 0.6) is 0 Å². The van der Waals surface area contributed by atoms with Crippen molar-refractivity contribution in [3.8, 4) is 0 Å². The molecule has 5 heteroatoms. The SMILES string of the molecule is CN(CCC(=O)c1ccccc1Br)Cc1nccn1C. The molecule has 0 spiro atoms. The Kier molecular flexibility index (Phi) is 5.09. The van der Waals surface area contributed by atoms with E-state index in [0.29, 0.717) is 13.0 Å². The van der Waals surface area contributed by atoms with E-state index in [1.165, 1.54) is 0 Å². The zero-order valence-corrected chi connectivity index (χ0v) is 13.3. The summed E-state index contributed by atoms with van der Waals surface area (Å²) in [5.74, 6) is 1.16. The smallest absolute Gasteiger partial charge is 0.165 e. The van der Waals surface area contributed by atoms with Crippen LogP contribution in [0.4, 0.5) is 0 Å². The second-order valence-electron chi connectivity index (χ2n) is 4.85. The molecular formula is C15H18BrN3O. The summed E-state index contributed by atoms with van der Waals surface area (Å²) in [5, 5.41) is 0. The summed E-state index contributed by atoms with van der Waals surface area (Å²) in [6.45, 7) is 1.46. The first-order valence-corrected chi connectivity index (χ1v) is 7.29. The maximum atomic E-state index is 12.2. The number of hydrogen-bond acceptors (Lipinski definition) is 3. The van der Waals surface area contributed by atoms with Crippen LogP contribution in [0, 0.1) is 0 Å². The van der Waals surface area contributed by atoms with Gasteiger partial charge in [-0.15, -0.1) is 0 Å². The maximum Gasteiger partial charge on any atom is 0.165 e. The van der Waals surface area contributed by atoms with E-state index < -0.39 is 0 Å². The van der Waals surface area contributed by atoms with E-state index in [4.69, 9.17) is 0 Å². The number of halogens is 1. The van der Waals surface area contributed by atoms with Crippen molar-refractivity contribution < 1.29 is 4.79 Å². The third kappa shape index (κ3) is 3.77. The first-order valence-electron chi connectivity index (χ1n) is 6.50.